The normalized spacial score (nSPS) is 23.1. The highest BCUT2D eigenvalue weighted by atomic mass is 35.5. The number of fused-ring (bicyclic) bond motifs is 2. The highest BCUT2D eigenvalue weighted by molar-refractivity contribution is 6.30. The molecule has 4 rings (SSSR count). The first-order valence-electron chi connectivity index (χ1n) is 10.8. The van der Waals surface area contributed by atoms with Gasteiger partial charge in [0.2, 0.25) is 5.91 Å². The summed E-state index contributed by atoms with van der Waals surface area (Å²) in [5, 5.41) is 6.80. The van der Waals surface area contributed by atoms with Gasteiger partial charge in [-0.15, -0.1) is 0 Å². The lowest BCUT2D eigenvalue weighted by molar-refractivity contribution is -0.120. The second-order valence-corrected chi connectivity index (χ2v) is 8.78. The van der Waals surface area contributed by atoms with Crippen molar-refractivity contribution in [2.24, 2.45) is 0 Å². The molecule has 1 unspecified atom stereocenters. The molecule has 2 aliphatic rings. The molecule has 2 aromatic rings. The number of hydrogen-bond acceptors (Lipinski definition) is 4. The van der Waals surface area contributed by atoms with Crippen LogP contribution in [-0.4, -0.2) is 48.5 Å². The van der Waals surface area contributed by atoms with Crippen LogP contribution in [0.3, 0.4) is 0 Å². The number of carbonyl (C=O) groups excluding carboxylic acids is 2. The van der Waals surface area contributed by atoms with Crippen molar-refractivity contribution in [2.75, 3.05) is 19.0 Å². The van der Waals surface area contributed by atoms with Crippen molar-refractivity contribution in [2.45, 2.75) is 50.2 Å². The summed E-state index contributed by atoms with van der Waals surface area (Å²) in [6.07, 6.45) is 4.99. The van der Waals surface area contributed by atoms with Gasteiger partial charge in [-0.3, -0.25) is 14.5 Å². The molecule has 2 amide bonds. The van der Waals surface area contributed by atoms with Crippen LogP contribution in [0.2, 0.25) is 5.02 Å². The monoisotopic (exact) mass is 441 g/mol. The minimum absolute atomic E-state index is 0.0157. The van der Waals surface area contributed by atoms with Crippen LogP contribution in [-0.2, 0) is 4.79 Å². The molecule has 2 saturated heterocycles. The summed E-state index contributed by atoms with van der Waals surface area (Å²) >= 11 is 5.92. The fourth-order valence-corrected chi connectivity index (χ4v) is 4.91. The summed E-state index contributed by atoms with van der Waals surface area (Å²) in [5.74, 6) is 0.583. The number of methoxy groups -OCH3 is 1. The summed E-state index contributed by atoms with van der Waals surface area (Å²) in [4.78, 5) is 27.7. The molecule has 3 atom stereocenters. The van der Waals surface area contributed by atoms with Crippen LogP contribution >= 0.6 is 11.6 Å². The topological polar surface area (TPSA) is 70.7 Å². The zero-order chi connectivity index (χ0) is 21.8. The molecule has 0 radical (unpaired) electrons. The Balaban J connectivity index is 1.35. The molecule has 2 aliphatic heterocycles. The average Bonchev–Trinajstić information content (AvgIpc) is 2.76. The van der Waals surface area contributed by atoms with Gasteiger partial charge in [0.25, 0.3) is 5.91 Å². The quantitative estimate of drug-likeness (QED) is 0.708. The predicted molar refractivity (Wildman–Crippen MR) is 122 cm³/mol. The van der Waals surface area contributed by atoms with Crippen LogP contribution in [0.5, 0.6) is 5.75 Å². The summed E-state index contributed by atoms with van der Waals surface area (Å²) in [5.41, 5.74) is 1.36. The third-order valence-electron chi connectivity index (χ3n) is 6.25. The fourth-order valence-electron chi connectivity index (χ4n) is 4.79. The van der Waals surface area contributed by atoms with E-state index in [0.717, 1.165) is 31.4 Å². The number of benzene rings is 2. The van der Waals surface area contributed by atoms with E-state index in [9.17, 15) is 9.59 Å². The van der Waals surface area contributed by atoms with Crippen LogP contribution in [0, 0.1) is 0 Å². The summed E-state index contributed by atoms with van der Waals surface area (Å²) in [6, 6.07) is 15.1. The van der Waals surface area contributed by atoms with E-state index in [2.05, 4.69) is 15.5 Å². The third kappa shape index (κ3) is 5.38. The fraction of sp³-hybridized carbons (Fsp3) is 0.417. The number of nitrogens with one attached hydrogen (secondary N) is 2. The van der Waals surface area contributed by atoms with E-state index in [4.69, 9.17) is 16.3 Å². The maximum atomic E-state index is 12.7. The molecule has 164 valence electrons. The highest BCUT2D eigenvalue weighted by Crippen LogP contribution is 2.34. The maximum Gasteiger partial charge on any atom is 0.251 e. The molecule has 2 aromatic carbocycles. The summed E-state index contributed by atoms with van der Waals surface area (Å²) in [7, 11) is 1.59. The number of anilines is 1. The molecule has 0 aliphatic carbocycles. The largest absolute Gasteiger partial charge is 0.497 e. The van der Waals surface area contributed by atoms with Crippen LogP contribution < -0.4 is 15.4 Å². The molecule has 2 N–H and O–H groups in total. The van der Waals surface area contributed by atoms with Crippen molar-refractivity contribution >= 4 is 29.1 Å². The molecule has 0 saturated carbocycles. The first-order valence-corrected chi connectivity index (χ1v) is 11.2. The Labute approximate surface area is 187 Å². The van der Waals surface area contributed by atoms with E-state index in [1.54, 1.807) is 43.5 Å². The Morgan fingerprint density at radius 2 is 1.81 bits per heavy atom. The Hall–Kier alpha value is -2.57. The first kappa shape index (κ1) is 21.7. The highest BCUT2D eigenvalue weighted by Gasteiger charge is 2.39. The molecule has 31 heavy (non-hydrogen) atoms. The van der Waals surface area contributed by atoms with Gasteiger partial charge in [0.1, 0.15) is 5.75 Å². The summed E-state index contributed by atoms with van der Waals surface area (Å²) in [6.45, 7) is 0.370. The van der Waals surface area contributed by atoms with E-state index in [1.165, 1.54) is 6.42 Å². The molecule has 2 heterocycles. The molecule has 7 heteroatoms. The average molecular weight is 442 g/mol. The third-order valence-corrected chi connectivity index (χ3v) is 6.50. The Morgan fingerprint density at radius 3 is 2.48 bits per heavy atom. The van der Waals surface area contributed by atoms with E-state index in [0.29, 0.717) is 35.0 Å². The van der Waals surface area contributed by atoms with Gasteiger partial charge in [-0.25, -0.2) is 0 Å². The Morgan fingerprint density at radius 1 is 1.10 bits per heavy atom. The lowest BCUT2D eigenvalue weighted by Gasteiger charge is -2.48. The van der Waals surface area contributed by atoms with Crippen molar-refractivity contribution in [3.05, 3.63) is 59.1 Å². The number of amides is 2. The van der Waals surface area contributed by atoms with Gasteiger partial charge in [-0.2, -0.15) is 0 Å². The smallest absolute Gasteiger partial charge is 0.251 e. The van der Waals surface area contributed by atoms with E-state index >= 15 is 0 Å². The van der Waals surface area contributed by atoms with Crippen LogP contribution in [0.15, 0.2) is 48.5 Å². The second-order valence-electron chi connectivity index (χ2n) is 8.34. The van der Waals surface area contributed by atoms with Gasteiger partial charge in [0.05, 0.1) is 13.7 Å². The van der Waals surface area contributed by atoms with E-state index in [-0.39, 0.29) is 17.9 Å². The zero-order valence-electron chi connectivity index (χ0n) is 17.6. The minimum atomic E-state index is -0.0732. The zero-order valence-corrected chi connectivity index (χ0v) is 18.4. The van der Waals surface area contributed by atoms with Crippen molar-refractivity contribution in [3.63, 3.8) is 0 Å². The lowest BCUT2D eigenvalue weighted by atomic mass is 9.81. The Bertz CT molecular complexity index is 920. The predicted octanol–water partition coefficient (Wildman–Crippen LogP) is 4.10. The maximum absolute atomic E-state index is 12.7. The number of rotatable bonds is 6. The molecule has 0 aromatic heterocycles. The Kier molecular flexibility index (Phi) is 6.78. The van der Waals surface area contributed by atoms with Gasteiger partial charge in [-0.1, -0.05) is 24.1 Å². The molecular formula is C24H28ClN3O3. The number of ether oxygens (including phenoxy) is 1. The van der Waals surface area contributed by atoms with Gasteiger partial charge in [-0.05, 0) is 68.1 Å². The van der Waals surface area contributed by atoms with Gasteiger partial charge in [0.15, 0.2) is 0 Å². The molecule has 2 fully saturated rings. The van der Waals surface area contributed by atoms with Crippen molar-refractivity contribution in [1.29, 1.82) is 0 Å². The van der Waals surface area contributed by atoms with Crippen LogP contribution in [0.4, 0.5) is 5.69 Å². The number of hydrogen-bond donors (Lipinski definition) is 2. The molecule has 6 nitrogen and oxygen atoms in total. The number of halogens is 1. The lowest BCUT2D eigenvalue weighted by Crippen LogP contribution is -2.58. The van der Waals surface area contributed by atoms with Gasteiger partial charge < -0.3 is 15.4 Å². The molecular weight excluding hydrogens is 414 g/mol. The summed E-state index contributed by atoms with van der Waals surface area (Å²) < 4.78 is 5.22. The van der Waals surface area contributed by atoms with Gasteiger partial charge >= 0.3 is 0 Å². The molecule has 2 bridgehead atoms. The van der Waals surface area contributed by atoms with E-state index in [1.807, 2.05) is 12.1 Å². The number of carbonyl (C=O) groups is 2. The van der Waals surface area contributed by atoms with Crippen molar-refractivity contribution < 1.29 is 14.3 Å². The number of nitrogens with zero attached hydrogens (tertiary/aromatic N) is 1. The first-order chi connectivity index (χ1) is 15.0. The second kappa shape index (κ2) is 9.71. The SMILES string of the molecule is COc1cccc(C(=O)NC2C[C@H]3CCC[C@@H](C2)N3CC(=O)Nc2ccc(Cl)cc2)c1. The van der Waals surface area contributed by atoms with E-state index < -0.39 is 0 Å². The van der Waals surface area contributed by atoms with Crippen molar-refractivity contribution in [3.8, 4) is 5.75 Å². The van der Waals surface area contributed by atoms with Crippen LogP contribution in [0.25, 0.3) is 0 Å². The standard InChI is InChI=1S/C24H28ClN3O3/c1-31-22-7-2-4-16(12-22)24(30)27-19-13-20-5-3-6-21(14-19)28(20)15-23(29)26-18-10-8-17(25)9-11-18/h2,4,7-12,19-21H,3,5-6,13-15H2,1H3,(H,26,29)(H,27,30)/t19?,20-,21+. The van der Waals surface area contributed by atoms with Gasteiger partial charge in [0, 0.05) is 34.4 Å². The molecule has 0 spiro atoms. The van der Waals surface area contributed by atoms with Crippen LogP contribution in [0.1, 0.15) is 42.5 Å². The van der Waals surface area contributed by atoms with Crippen molar-refractivity contribution in [1.82, 2.24) is 10.2 Å². The number of piperidine rings is 2. The minimum Gasteiger partial charge on any atom is -0.497 e.